The number of carbonyl (C=O) groups excluding carboxylic acids is 1. The average Bonchev–Trinajstić information content (AvgIpc) is 3.09. The minimum absolute atomic E-state index is 0.0176. The van der Waals surface area contributed by atoms with E-state index in [-0.39, 0.29) is 5.91 Å². The SMILES string of the molecule is Cc1ncc(CNC(=O)C(C)(C)Cc2nc3ccccc3[nH]2)s1. The summed E-state index contributed by atoms with van der Waals surface area (Å²) in [5.41, 5.74) is 1.39. The third-order valence-corrected chi connectivity index (χ3v) is 4.67. The Morgan fingerprint density at radius 3 is 2.83 bits per heavy atom. The molecular formula is C17H20N4OS. The number of imidazole rings is 1. The van der Waals surface area contributed by atoms with E-state index in [0.29, 0.717) is 13.0 Å². The highest BCUT2D eigenvalue weighted by Gasteiger charge is 2.29. The van der Waals surface area contributed by atoms with E-state index >= 15 is 0 Å². The van der Waals surface area contributed by atoms with Crippen LogP contribution in [-0.4, -0.2) is 20.9 Å². The maximum Gasteiger partial charge on any atom is 0.226 e. The molecule has 0 unspecified atom stereocenters. The summed E-state index contributed by atoms with van der Waals surface area (Å²) in [5.74, 6) is 0.851. The number of benzene rings is 1. The number of rotatable bonds is 5. The maximum absolute atomic E-state index is 12.5. The fraction of sp³-hybridized carbons (Fsp3) is 0.353. The standard InChI is InChI=1S/C17H20N4OS/c1-11-18-9-12(23-11)10-19-16(22)17(2,3)8-15-20-13-6-4-5-7-14(13)21-15/h4-7,9H,8,10H2,1-3H3,(H,19,22)(H,20,21). The first-order valence-corrected chi connectivity index (χ1v) is 8.39. The third kappa shape index (κ3) is 3.59. The zero-order chi connectivity index (χ0) is 16.4. The fourth-order valence-corrected chi connectivity index (χ4v) is 3.22. The van der Waals surface area contributed by atoms with E-state index in [2.05, 4.69) is 20.3 Å². The second-order valence-corrected chi connectivity index (χ2v) is 7.61. The van der Waals surface area contributed by atoms with E-state index in [4.69, 9.17) is 0 Å². The summed E-state index contributed by atoms with van der Waals surface area (Å²) in [6.45, 7) is 6.36. The zero-order valence-corrected chi connectivity index (χ0v) is 14.3. The van der Waals surface area contributed by atoms with Crippen molar-refractivity contribution in [3.8, 4) is 0 Å². The van der Waals surface area contributed by atoms with Crippen LogP contribution in [0.3, 0.4) is 0 Å². The van der Waals surface area contributed by atoms with E-state index in [1.807, 2.05) is 51.2 Å². The predicted octanol–water partition coefficient (Wildman–Crippen LogP) is 3.21. The number of carbonyl (C=O) groups is 1. The lowest BCUT2D eigenvalue weighted by molar-refractivity contribution is -0.129. The number of nitrogens with one attached hydrogen (secondary N) is 2. The molecule has 3 rings (SSSR count). The monoisotopic (exact) mass is 328 g/mol. The molecule has 0 saturated carbocycles. The van der Waals surface area contributed by atoms with Crippen molar-refractivity contribution in [2.75, 3.05) is 0 Å². The van der Waals surface area contributed by atoms with Gasteiger partial charge < -0.3 is 10.3 Å². The molecule has 2 heterocycles. The van der Waals surface area contributed by atoms with Gasteiger partial charge in [0.1, 0.15) is 5.82 Å². The number of hydrogen-bond donors (Lipinski definition) is 2. The largest absolute Gasteiger partial charge is 0.351 e. The molecule has 0 fully saturated rings. The van der Waals surface area contributed by atoms with Gasteiger partial charge in [0, 0.05) is 17.5 Å². The Labute approximate surface area is 139 Å². The fourth-order valence-electron chi connectivity index (χ4n) is 2.48. The molecule has 1 aromatic carbocycles. The Hall–Kier alpha value is -2.21. The average molecular weight is 328 g/mol. The number of nitrogens with zero attached hydrogens (tertiary/aromatic N) is 2. The normalized spacial score (nSPS) is 11.8. The van der Waals surface area contributed by atoms with E-state index in [1.165, 1.54) is 0 Å². The Morgan fingerprint density at radius 2 is 2.13 bits per heavy atom. The van der Waals surface area contributed by atoms with Gasteiger partial charge in [0.15, 0.2) is 0 Å². The topological polar surface area (TPSA) is 70.7 Å². The first kappa shape index (κ1) is 15.7. The van der Waals surface area contributed by atoms with Crippen molar-refractivity contribution < 1.29 is 4.79 Å². The predicted molar refractivity (Wildman–Crippen MR) is 92.3 cm³/mol. The molecule has 0 aliphatic heterocycles. The van der Waals surface area contributed by atoms with E-state index < -0.39 is 5.41 Å². The van der Waals surface area contributed by atoms with Crippen molar-refractivity contribution in [1.82, 2.24) is 20.3 Å². The van der Waals surface area contributed by atoms with Crippen LogP contribution in [0.15, 0.2) is 30.5 Å². The second kappa shape index (κ2) is 6.12. The maximum atomic E-state index is 12.5. The first-order valence-electron chi connectivity index (χ1n) is 7.57. The number of thiazole rings is 1. The van der Waals surface area contributed by atoms with Crippen molar-refractivity contribution in [3.63, 3.8) is 0 Å². The first-order chi connectivity index (χ1) is 10.9. The summed E-state index contributed by atoms with van der Waals surface area (Å²) in [6, 6.07) is 7.89. The number of H-pyrrole nitrogens is 1. The van der Waals surface area contributed by atoms with Crippen LogP contribution in [0.5, 0.6) is 0 Å². The zero-order valence-electron chi connectivity index (χ0n) is 13.5. The highest BCUT2D eigenvalue weighted by molar-refractivity contribution is 7.11. The summed E-state index contributed by atoms with van der Waals surface area (Å²) in [5, 5.41) is 4.01. The summed E-state index contributed by atoms with van der Waals surface area (Å²) >= 11 is 1.60. The Bertz CT molecular complexity index is 801. The third-order valence-electron chi connectivity index (χ3n) is 3.75. The highest BCUT2D eigenvalue weighted by Crippen LogP contribution is 2.23. The van der Waals surface area contributed by atoms with Gasteiger partial charge in [-0.15, -0.1) is 11.3 Å². The van der Waals surface area contributed by atoms with Gasteiger partial charge in [0.25, 0.3) is 0 Å². The molecule has 0 radical (unpaired) electrons. The number of hydrogen-bond acceptors (Lipinski definition) is 4. The smallest absolute Gasteiger partial charge is 0.226 e. The van der Waals surface area contributed by atoms with Crippen molar-refractivity contribution in [2.24, 2.45) is 5.41 Å². The number of fused-ring (bicyclic) bond motifs is 1. The molecule has 6 heteroatoms. The molecule has 0 aliphatic rings. The molecule has 0 spiro atoms. The van der Waals surface area contributed by atoms with Gasteiger partial charge in [-0.1, -0.05) is 26.0 Å². The molecule has 2 N–H and O–H groups in total. The number of aromatic amines is 1. The molecule has 0 aliphatic carbocycles. The van der Waals surface area contributed by atoms with Crippen molar-refractivity contribution in [1.29, 1.82) is 0 Å². The van der Waals surface area contributed by atoms with E-state index in [9.17, 15) is 4.79 Å². The minimum atomic E-state index is -0.534. The molecule has 120 valence electrons. The molecule has 3 aromatic rings. The molecule has 23 heavy (non-hydrogen) atoms. The highest BCUT2D eigenvalue weighted by atomic mass is 32.1. The Kier molecular flexibility index (Phi) is 4.17. The minimum Gasteiger partial charge on any atom is -0.351 e. The van der Waals surface area contributed by atoms with Crippen LogP contribution in [0.4, 0.5) is 0 Å². The van der Waals surface area contributed by atoms with Gasteiger partial charge >= 0.3 is 0 Å². The van der Waals surface area contributed by atoms with E-state index in [1.54, 1.807) is 11.3 Å². The lowest BCUT2D eigenvalue weighted by Crippen LogP contribution is -2.38. The van der Waals surface area contributed by atoms with E-state index in [0.717, 1.165) is 26.7 Å². The van der Waals surface area contributed by atoms with Crippen molar-refractivity contribution in [3.05, 3.63) is 46.2 Å². The van der Waals surface area contributed by atoms with Gasteiger partial charge in [-0.2, -0.15) is 0 Å². The number of amides is 1. The van der Waals surface area contributed by atoms with Crippen LogP contribution in [0.25, 0.3) is 11.0 Å². The summed E-state index contributed by atoms with van der Waals surface area (Å²) in [7, 11) is 0. The summed E-state index contributed by atoms with van der Waals surface area (Å²) in [6.07, 6.45) is 2.38. The van der Waals surface area contributed by atoms with Crippen molar-refractivity contribution >= 4 is 28.3 Å². The summed E-state index contributed by atoms with van der Waals surface area (Å²) in [4.78, 5) is 25.6. The van der Waals surface area contributed by atoms with Crippen LogP contribution >= 0.6 is 11.3 Å². The molecule has 2 aromatic heterocycles. The lowest BCUT2D eigenvalue weighted by atomic mass is 9.88. The van der Waals surface area contributed by atoms with Crippen LogP contribution in [0.1, 0.15) is 29.6 Å². The van der Waals surface area contributed by atoms with Gasteiger partial charge in [-0.3, -0.25) is 4.79 Å². The number of aromatic nitrogens is 3. The molecule has 0 bridgehead atoms. The molecule has 0 saturated heterocycles. The van der Waals surface area contributed by atoms with Gasteiger partial charge in [-0.25, -0.2) is 9.97 Å². The molecule has 0 atom stereocenters. The Balaban J connectivity index is 1.66. The molecule has 1 amide bonds. The van der Waals surface area contributed by atoms with Gasteiger partial charge in [0.05, 0.1) is 28.0 Å². The number of aryl methyl sites for hydroxylation is 1. The summed E-state index contributed by atoms with van der Waals surface area (Å²) < 4.78 is 0. The second-order valence-electron chi connectivity index (χ2n) is 6.29. The van der Waals surface area contributed by atoms with Gasteiger partial charge in [0.2, 0.25) is 5.91 Å². The van der Waals surface area contributed by atoms with Crippen LogP contribution in [0.2, 0.25) is 0 Å². The van der Waals surface area contributed by atoms with Gasteiger partial charge in [-0.05, 0) is 19.1 Å². The lowest BCUT2D eigenvalue weighted by Gasteiger charge is -2.22. The number of para-hydroxylation sites is 2. The Morgan fingerprint density at radius 1 is 1.35 bits per heavy atom. The molecule has 5 nitrogen and oxygen atoms in total. The van der Waals surface area contributed by atoms with Crippen molar-refractivity contribution in [2.45, 2.75) is 33.7 Å². The molecular weight excluding hydrogens is 308 g/mol. The van der Waals surface area contributed by atoms with Crippen LogP contribution in [-0.2, 0) is 17.8 Å². The van der Waals surface area contributed by atoms with Crippen LogP contribution in [0, 0.1) is 12.3 Å². The van der Waals surface area contributed by atoms with Crippen LogP contribution < -0.4 is 5.32 Å². The quantitative estimate of drug-likeness (QED) is 0.755.